The summed E-state index contributed by atoms with van der Waals surface area (Å²) in [6.07, 6.45) is 7.41. The largest absolute Gasteiger partial charge is 0.480 e. The first-order valence-corrected chi connectivity index (χ1v) is 27.4. The van der Waals surface area contributed by atoms with Gasteiger partial charge in [-0.15, -0.1) is 0 Å². The Hall–Kier alpha value is -6.45. The van der Waals surface area contributed by atoms with Crippen molar-refractivity contribution in [2.75, 3.05) is 85.1 Å². The summed E-state index contributed by atoms with van der Waals surface area (Å²) in [5.41, 5.74) is 1.73. The van der Waals surface area contributed by atoms with Crippen LogP contribution in [0, 0.1) is 35.5 Å². The van der Waals surface area contributed by atoms with Crippen LogP contribution < -0.4 is 31.9 Å². The first kappa shape index (κ1) is 63.1. The molecule has 2 aromatic carbocycles. The molecular weight excluding hydrogens is 991 g/mol. The van der Waals surface area contributed by atoms with Crippen LogP contribution >= 0.6 is 0 Å². The summed E-state index contributed by atoms with van der Waals surface area (Å²) in [4.78, 5) is 119. The average Bonchev–Trinajstić information content (AvgIpc) is 3.39. The molecule has 0 saturated heterocycles. The van der Waals surface area contributed by atoms with E-state index in [1.807, 2.05) is 60.7 Å². The maximum atomic E-state index is 13.5. The van der Waals surface area contributed by atoms with Gasteiger partial charge in [0.25, 0.3) is 0 Å². The lowest BCUT2D eigenvalue weighted by molar-refractivity contribution is -0.141. The van der Waals surface area contributed by atoms with Crippen LogP contribution in [0.5, 0.6) is 0 Å². The van der Waals surface area contributed by atoms with Crippen molar-refractivity contribution in [2.45, 2.75) is 104 Å². The Morgan fingerprint density at radius 3 is 1.08 bits per heavy atom. The molecule has 2 aliphatic carbocycles. The van der Waals surface area contributed by atoms with Gasteiger partial charge in [0.05, 0.1) is 32.7 Å². The van der Waals surface area contributed by atoms with E-state index in [2.05, 4.69) is 59.6 Å². The van der Waals surface area contributed by atoms with Crippen LogP contribution in [0.2, 0.25) is 0 Å². The van der Waals surface area contributed by atoms with Gasteiger partial charge in [0.15, 0.2) is 0 Å². The number of benzene rings is 2. The lowest BCUT2D eigenvalue weighted by Gasteiger charge is -2.31. The first-order chi connectivity index (χ1) is 36.8. The van der Waals surface area contributed by atoms with Crippen molar-refractivity contribution < 1.29 is 58.5 Å². The van der Waals surface area contributed by atoms with Gasteiger partial charge in [-0.3, -0.25) is 57.9 Å². The standard InChI is InChI=1S/C56H85N9O12/c1-38(2)42-15-19-44(20-16-42)53(74)61-46(31-40-11-7-5-8-12-40)55(76)59-25-23-57-48(66)33-64(36-51(70)71)29-27-63(35-50(68)69)28-30-65(37-52(72)73)34-49(67)58-24-26-60-56(77)47(32-41-13-9-6-10-14-41)62-54(75)45-21-17-43(18-22-45)39(3)4/h5-14,38-39,42-47H,15-37H2,1-4H3,(H,57,66)(H,58,67)(H,59,76)(H,60,77)(H,61,74)(H,62,75)(H,68,69)(H,70,71)(H,72,73)/t42?,43?,44?,45?,46-,47+. The number of nitrogens with zero attached hydrogens (tertiary/aromatic N) is 3. The minimum Gasteiger partial charge on any atom is -0.480 e. The van der Waals surface area contributed by atoms with E-state index >= 15 is 0 Å². The van der Waals surface area contributed by atoms with Gasteiger partial charge in [0.2, 0.25) is 35.4 Å². The summed E-state index contributed by atoms with van der Waals surface area (Å²) in [5, 5.41) is 45.9. The van der Waals surface area contributed by atoms with Crippen molar-refractivity contribution in [1.29, 1.82) is 0 Å². The number of aliphatic carboxylic acids is 3. The van der Waals surface area contributed by atoms with E-state index in [1.54, 1.807) is 0 Å². The van der Waals surface area contributed by atoms with Gasteiger partial charge >= 0.3 is 17.9 Å². The minimum atomic E-state index is -1.24. The molecule has 6 amide bonds. The highest BCUT2D eigenvalue weighted by molar-refractivity contribution is 5.90. The molecule has 0 heterocycles. The number of amides is 6. The zero-order chi connectivity index (χ0) is 56.3. The third kappa shape index (κ3) is 24.6. The van der Waals surface area contributed by atoms with E-state index in [0.29, 0.717) is 23.7 Å². The van der Waals surface area contributed by atoms with Gasteiger partial charge in [0.1, 0.15) is 12.1 Å². The summed E-state index contributed by atoms with van der Waals surface area (Å²) in [7, 11) is 0. The second-order valence-electron chi connectivity index (χ2n) is 21.4. The van der Waals surface area contributed by atoms with Crippen LogP contribution in [-0.2, 0) is 56.0 Å². The molecule has 0 aliphatic heterocycles. The van der Waals surface area contributed by atoms with Crippen molar-refractivity contribution in [2.24, 2.45) is 35.5 Å². The third-order valence-electron chi connectivity index (χ3n) is 14.8. The molecule has 21 heteroatoms. The summed E-state index contributed by atoms with van der Waals surface area (Å²) < 4.78 is 0. The molecule has 0 unspecified atom stereocenters. The molecule has 2 aliphatic rings. The van der Waals surface area contributed by atoms with Crippen molar-refractivity contribution in [3.05, 3.63) is 71.8 Å². The van der Waals surface area contributed by atoms with Gasteiger partial charge in [-0.25, -0.2) is 0 Å². The molecule has 77 heavy (non-hydrogen) atoms. The molecule has 0 aromatic heterocycles. The Labute approximate surface area is 453 Å². The van der Waals surface area contributed by atoms with E-state index in [0.717, 1.165) is 62.5 Å². The number of carboxylic acid groups (broad SMARTS) is 3. The van der Waals surface area contributed by atoms with Gasteiger partial charge in [-0.05, 0) is 86.2 Å². The quantitative estimate of drug-likeness (QED) is 0.0453. The lowest BCUT2D eigenvalue weighted by Crippen LogP contribution is -2.51. The fourth-order valence-electron chi connectivity index (χ4n) is 10.2. The van der Waals surface area contributed by atoms with Crippen molar-refractivity contribution in [1.82, 2.24) is 46.6 Å². The van der Waals surface area contributed by atoms with Gasteiger partial charge in [-0.1, -0.05) is 88.4 Å². The molecule has 2 fully saturated rings. The molecular formula is C56H85N9O12. The number of hydrogen-bond donors (Lipinski definition) is 9. The Balaban J connectivity index is 1.23. The maximum absolute atomic E-state index is 13.5. The minimum absolute atomic E-state index is 0.00217. The van der Waals surface area contributed by atoms with E-state index in [4.69, 9.17) is 0 Å². The second-order valence-corrected chi connectivity index (χ2v) is 21.4. The SMILES string of the molecule is CC(C)C1CCC(C(=O)N[C@@H](Cc2ccccc2)C(=O)NCCNC(=O)CN(CCN(CCN(CC(=O)O)CC(=O)NCCNC(=O)[C@@H](Cc2ccccc2)NC(=O)C2CCC(C(C)C)CC2)CC(=O)O)CC(=O)O)CC1. The molecule has 0 bridgehead atoms. The fraction of sp³-hybridized carbons (Fsp3) is 0.625. The number of carbonyl (C=O) groups excluding carboxylic acids is 6. The Morgan fingerprint density at radius 1 is 0.442 bits per heavy atom. The highest BCUT2D eigenvalue weighted by Crippen LogP contribution is 2.34. The van der Waals surface area contributed by atoms with Gasteiger partial charge in [-0.2, -0.15) is 0 Å². The summed E-state index contributed by atoms with van der Waals surface area (Å²) >= 11 is 0. The monoisotopic (exact) mass is 1080 g/mol. The van der Waals surface area contributed by atoms with Crippen LogP contribution in [-0.4, -0.2) is 181 Å². The number of nitrogens with one attached hydrogen (secondary N) is 6. The van der Waals surface area contributed by atoms with E-state index < -0.39 is 73.3 Å². The smallest absolute Gasteiger partial charge is 0.317 e. The summed E-state index contributed by atoms with van der Waals surface area (Å²) in [6, 6.07) is 16.9. The molecule has 0 spiro atoms. The third-order valence-corrected chi connectivity index (χ3v) is 14.8. The zero-order valence-corrected chi connectivity index (χ0v) is 45.5. The molecule has 2 aromatic rings. The normalized spacial score (nSPS) is 18.3. The van der Waals surface area contributed by atoms with E-state index in [-0.39, 0.29) is 102 Å². The number of rotatable bonds is 34. The predicted octanol–water partition coefficient (Wildman–Crippen LogP) is 1.99. The molecule has 21 nitrogen and oxygen atoms in total. The predicted molar refractivity (Wildman–Crippen MR) is 289 cm³/mol. The summed E-state index contributed by atoms with van der Waals surface area (Å²) in [5.74, 6) is -4.05. The first-order valence-electron chi connectivity index (χ1n) is 27.4. The Bertz CT molecular complexity index is 2060. The van der Waals surface area contributed by atoms with Gasteiger partial charge in [0, 0.05) is 77.0 Å². The number of carboxylic acids is 3. The van der Waals surface area contributed by atoms with Crippen LogP contribution in [0.25, 0.3) is 0 Å². The zero-order valence-electron chi connectivity index (χ0n) is 45.5. The highest BCUT2D eigenvalue weighted by atomic mass is 16.4. The van der Waals surface area contributed by atoms with Crippen molar-refractivity contribution in [3.8, 4) is 0 Å². The second kappa shape index (κ2) is 33.7. The van der Waals surface area contributed by atoms with E-state index in [1.165, 1.54) is 14.7 Å². The highest BCUT2D eigenvalue weighted by Gasteiger charge is 2.32. The van der Waals surface area contributed by atoms with Crippen LogP contribution in [0.4, 0.5) is 0 Å². The average molecular weight is 1080 g/mol. The van der Waals surface area contributed by atoms with Crippen LogP contribution in [0.3, 0.4) is 0 Å². The molecule has 0 radical (unpaired) electrons. The molecule has 2 saturated carbocycles. The molecule has 2 atom stereocenters. The number of hydrogen-bond acceptors (Lipinski definition) is 12. The lowest BCUT2D eigenvalue weighted by atomic mass is 9.76. The van der Waals surface area contributed by atoms with E-state index in [9.17, 15) is 58.5 Å². The Morgan fingerprint density at radius 2 is 0.753 bits per heavy atom. The van der Waals surface area contributed by atoms with Crippen LogP contribution in [0.15, 0.2) is 60.7 Å². The number of carbonyl (C=O) groups is 9. The fourth-order valence-corrected chi connectivity index (χ4v) is 10.2. The molecule has 9 N–H and O–H groups in total. The maximum Gasteiger partial charge on any atom is 0.317 e. The Kier molecular flexibility index (Phi) is 27.6. The molecule has 426 valence electrons. The molecule has 4 rings (SSSR count). The van der Waals surface area contributed by atoms with Crippen LogP contribution in [0.1, 0.15) is 90.2 Å². The van der Waals surface area contributed by atoms with Crippen molar-refractivity contribution in [3.63, 3.8) is 0 Å². The topological polar surface area (TPSA) is 296 Å². The summed E-state index contributed by atoms with van der Waals surface area (Å²) in [6.45, 7) is 6.24. The van der Waals surface area contributed by atoms with Crippen molar-refractivity contribution >= 4 is 53.4 Å². The van der Waals surface area contributed by atoms with Gasteiger partial charge < -0.3 is 47.2 Å².